The number of para-hydroxylation sites is 2. The summed E-state index contributed by atoms with van der Waals surface area (Å²) in [6.07, 6.45) is 18.2. The molecule has 2 unspecified atom stereocenters. The minimum atomic E-state index is -0.275. The van der Waals surface area contributed by atoms with Crippen LogP contribution in [0.4, 0.5) is 0 Å². The summed E-state index contributed by atoms with van der Waals surface area (Å²) in [5.41, 5.74) is 5.29. The van der Waals surface area contributed by atoms with E-state index in [0.29, 0.717) is 10.3 Å². The molecule has 34 heavy (non-hydrogen) atoms. The van der Waals surface area contributed by atoms with Crippen LogP contribution in [0.2, 0.25) is 0 Å². The zero-order valence-electron chi connectivity index (χ0n) is 21.0. The molecule has 0 aliphatic heterocycles. The zero-order valence-corrected chi connectivity index (χ0v) is 22.8. The first kappa shape index (κ1) is 21.5. The van der Waals surface area contributed by atoms with Crippen LogP contribution in [0.25, 0.3) is 11.0 Å². The fourth-order valence-electron chi connectivity index (χ4n) is 10.8. The molecule has 0 spiro atoms. The van der Waals surface area contributed by atoms with Crippen LogP contribution in [0.5, 0.6) is 0 Å². The molecule has 8 aliphatic carbocycles. The Morgan fingerprint density at radius 2 is 0.853 bits per heavy atom. The molecule has 1 heterocycles. The molecule has 10 rings (SSSR count). The van der Waals surface area contributed by atoms with Crippen LogP contribution < -0.4 is 10.9 Å². The van der Waals surface area contributed by atoms with Gasteiger partial charge in [-0.25, -0.2) is 9.97 Å². The third-order valence-electron chi connectivity index (χ3n) is 11.6. The molecule has 1 aromatic carbocycles. The number of nitrogens with zero attached hydrogens (tertiary/aromatic N) is 2. The van der Waals surface area contributed by atoms with Gasteiger partial charge >= 0.3 is 0 Å². The van der Waals surface area contributed by atoms with Crippen LogP contribution in [0.3, 0.4) is 0 Å². The first-order valence-electron chi connectivity index (χ1n) is 14.2. The lowest BCUT2D eigenvalue weighted by atomic mass is 9.56. The fraction of sp³-hybridized carbons (Fsp3) is 0.733. The normalized spacial score (nSPS) is 45.7. The molecule has 0 amide bonds. The van der Waals surface area contributed by atoms with E-state index in [0.717, 1.165) is 46.5 Å². The second-order valence-electron chi connectivity index (χ2n) is 13.8. The van der Waals surface area contributed by atoms with Crippen molar-refractivity contribution >= 4 is 37.7 Å². The maximum Gasteiger partial charge on any atom is 0.0900 e. The molecule has 0 saturated heterocycles. The first-order valence-corrected chi connectivity index (χ1v) is 17.8. The van der Waals surface area contributed by atoms with Gasteiger partial charge in [0.1, 0.15) is 0 Å². The standard InChI is InChI=1S/C30H40N2P2/c1-33(29-13-19-7-20(14-29)9-21(8-19)15-29)27-28(32-26-6-4-3-5-25(26)31-27)34(2)30-16-22-10-23(17-30)12-24(11-22)18-30/h3-6,19-24H,7-18H2,1-2H3. The van der Waals surface area contributed by atoms with E-state index in [-0.39, 0.29) is 15.8 Å². The van der Waals surface area contributed by atoms with Crippen molar-refractivity contribution in [2.24, 2.45) is 35.5 Å². The van der Waals surface area contributed by atoms with Crippen molar-refractivity contribution in [1.82, 2.24) is 9.97 Å². The summed E-state index contributed by atoms with van der Waals surface area (Å²) in [7, 11) is -0.550. The maximum atomic E-state index is 5.56. The van der Waals surface area contributed by atoms with E-state index in [2.05, 4.69) is 37.6 Å². The van der Waals surface area contributed by atoms with E-state index in [9.17, 15) is 0 Å². The molecule has 2 nitrogen and oxygen atoms in total. The van der Waals surface area contributed by atoms with Gasteiger partial charge in [-0.3, -0.25) is 0 Å². The molecule has 8 aliphatic rings. The smallest absolute Gasteiger partial charge is 0.0900 e. The number of fused-ring (bicyclic) bond motifs is 1. The summed E-state index contributed by atoms with van der Waals surface area (Å²) in [4.78, 5) is 11.1. The Hall–Kier alpha value is -0.580. The Morgan fingerprint density at radius 3 is 1.15 bits per heavy atom. The van der Waals surface area contributed by atoms with Crippen molar-refractivity contribution in [3.05, 3.63) is 24.3 Å². The van der Waals surface area contributed by atoms with Crippen LogP contribution in [0, 0.1) is 35.5 Å². The number of hydrogen-bond donors (Lipinski definition) is 0. The Morgan fingerprint density at radius 1 is 0.559 bits per heavy atom. The Bertz CT molecular complexity index is 983. The average Bonchev–Trinajstić information content (AvgIpc) is 2.80. The Balaban J connectivity index is 1.24. The summed E-state index contributed by atoms with van der Waals surface area (Å²) >= 11 is 0. The van der Waals surface area contributed by atoms with Gasteiger partial charge < -0.3 is 0 Å². The number of benzene rings is 1. The SMILES string of the molecule is CP(c1nc2ccccc2nc1P(C)C12CC3CC(CC(C3)C1)C2)C12CC3CC(CC(C3)C1)C2. The average molecular weight is 491 g/mol. The van der Waals surface area contributed by atoms with Gasteiger partial charge in [0.15, 0.2) is 0 Å². The molecule has 1 aromatic heterocycles. The predicted molar refractivity (Wildman–Crippen MR) is 146 cm³/mol. The Labute approximate surface area is 208 Å². The van der Waals surface area contributed by atoms with Crippen LogP contribution >= 0.6 is 15.8 Å². The second kappa shape index (κ2) is 7.48. The van der Waals surface area contributed by atoms with E-state index in [4.69, 9.17) is 9.97 Å². The Kier molecular flexibility index (Phi) is 4.73. The highest BCUT2D eigenvalue weighted by atomic mass is 31.1. The topological polar surface area (TPSA) is 25.8 Å². The van der Waals surface area contributed by atoms with Crippen molar-refractivity contribution < 1.29 is 0 Å². The lowest BCUT2D eigenvalue weighted by molar-refractivity contribution is 0.0359. The van der Waals surface area contributed by atoms with Crippen molar-refractivity contribution in [2.45, 2.75) is 87.4 Å². The van der Waals surface area contributed by atoms with Gasteiger partial charge in [-0.1, -0.05) is 12.1 Å². The molecular formula is C30H40N2P2. The quantitative estimate of drug-likeness (QED) is 0.430. The third kappa shape index (κ3) is 3.13. The minimum absolute atomic E-state index is 0.275. The number of rotatable bonds is 4. The molecule has 0 radical (unpaired) electrons. The summed E-state index contributed by atoms with van der Waals surface area (Å²) < 4.78 is 0. The van der Waals surface area contributed by atoms with Crippen molar-refractivity contribution in [1.29, 1.82) is 0 Å². The largest absolute Gasteiger partial charge is 0.244 e. The van der Waals surface area contributed by atoms with Crippen molar-refractivity contribution in [3.63, 3.8) is 0 Å². The van der Waals surface area contributed by atoms with Crippen LogP contribution in [0.1, 0.15) is 77.0 Å². The van der Waals surface area contributed by atoms with E-state index < -0.39 is 0 Å². The van der Waals surface area contributed by atoms with Gasteiger partial charge in [0, 0.05) is 0 Å². The molecule has 8 bridgehead atoms. The van der Waals surface area contributed by atoms with E-state index in [1.807, 2.05) is 0 Å². The van der Waals surface area contributed by atoms with Gasteiger partial charge in [0.25, 0.3) is 0 Å². The van der Waals surface area contributed by atoms with Gasteiger partial charge in [0.05, 0.1) is 21.9 Å². The minimum Gasteiger partial charge on any atom is -0.244 e. The van der Waals surface area contributed by atoms with Crippen LogP contribution in [-0.4, -0.2) is 33.6 Å². The number of aromatic nitrogens is 2. The number of hydrogen-bond acceptors (Lipinski definition) is 2. The van der Waals surface area contributed by atoms with Gasteiger partial charge in [-0.2, -0.15) is 0 Å². The van der Waals surface area contributed by atoms with Crippen molar-refractivity contribution in [2.75, 3.05) is 13.3 Å². The highest BCUT2D eigenvalue weighted by molar-refractivity contribution is 7.72. The lowest BCUT2D eigenvalue weighted by Crippen LogP contribution is -2.53. The summed E-state index contributed by atoms with van der Waals surface area (Å²) in [6.45, 7) is 5.29. The molecule has 8 fully saturated rings. The lowest BCUT2D eigenvalue weighted by Gasteiger charge is -2.60. The monoisotopic (exact) mass is 490 g/mol. The third-order valence-corrected chi connectivity index (χ3v) is 17.6. The van der Waals surface area contributed by atoms with E-state index in [1.54, 1.807) is 0 Å². The molecule has 8 saturated carbocycles. The van der Waals surface area contributed by atoms with E-state index >= 15 is 0 Å². The first-order chi connectivity index (χ1) is 16.5. The highest BCUT2D eigenvalue weighted by Gasteiger charge is 2.56. The summed E-state index contributed by atoms with van der Waals surface area (Å²) in [5.74, 6) is 6.08. The molecule has 2 aromatic rings. The van der Waals surface area contributed by atoms with Gasteiger partial charge in [-0.05, 0) is 164 Å². The fourth-order valence-corrected chi connectivity index (χ4v) is 17.0. The molecule has 4 heteroatoms. The molecular weight excluding hydrogens is 450 g/mol. The van der Waals surface area contributed by atoms with E-state index in [1.165, 1.54) is 87.9 Å². The van der Waals surface area contributed by atoms with Crippen LogP contribution in [-0.2, 0) is 0 Å². The molecule has 2 atom stereocenters. The zero-order chi connectivity index (χ0) is 22.7. The van der Waals surface area contributed by atoms with Crippen LogP contribution in [0.15, 0.2) is 24.3 Å². The van der Waals surface area contributed by atoms with Crippen molar-refractivity contribution in [3.8, 4) is 0 Å². The predicted octanol–water partition coefficient (Wildman–Crippen LogP) is 7.04. The highest BCUT2D eigenvalue weighted by Crippen LogP contribution is 2.69. The molecule has 180 valence electrons. The van der Waals surface area contributed by atoms with Gasteiger partial charge in [0.2, 0.25) is 0 Å². The molecule has 0 N–H and O–H groups in total. The maximum absolute atomic E-state index is 5.56. The summed E-state index contributed by atoms with van der Waals surface area (Å²) in [5, 5.41) is 1.13. The second-order valence-corrected chi connectivity index (χ2v) is 18.7. The summed E-state index contributed by atoms with van der Waals surface area (Å²) in [6, 6.07) is 8.77. The van der Waals surface area contributed by atoms with Gasteiger partial charge in [-0.15, -0.1) is 0 Å².